The summed E-state index contributed by atoms with van der Waals surface area (Å²) in [5.74, 6) is 0.789. The molecule has 0 bridgehead atoms. The van der Waals surface area contributed by atoms with Crippen molar-refractivity contribution in [2.45, 2.75) is 38.6 Å². The quantitative estimate of drug-likeness (QED) is 0.923. The van der Waals surface area contributed by atoms with Gasteiger partial charge in [-0.2, -0.15) is 0 Å². The van der Waals surface area contributed by atoms with Crippen molar-refractivity contribution in [3.05, 3.63) is 29.3 Å². The van der Waals surface area contributed by atoms with Crippen molar-refractivity contribution in [2.75, 3.05) is 26.2 Å². The molecule has 1 N–H and O–H groups in total. The van der Waals surface area contributed by atoms with Gasteiger partial charge in [0.1, 0.15) is 5.75 Å². The van der Waals surface area contributed by atoms with E-state index in [1.807, 2.05) is 12.1 Å². The molecule has 0 aliphatic carbocycles. The molecule has 4 nitrogen and oxygen atoms in total. The molecule has 2 heterocycles. The Morgan fingerprint density at radius 3 is 3.19 bits per heavy atom. The van der Waals surface area contributed by atoms with Crippen molar-refractivity contribution in [1.29, 1.82) is 0 Å². The maximum atomic E-state index is 12.5. The lowest BCUT2D eigenvalue weighted by Crippen LogP contribution is -2.40. The van der Waals surface area contributed by atoms with E-state index in [1.165, 1.54) is 12.8 Å². The summed E-state index contributed by atoms with van der Waals surface area (Å²) >= 11 is 0. The maximum Gasteiger partial charge on any atom is 0.255 e. The average molecular weight is 288 g/mol. The molecule has 1 amide bonds. The normalized spacial score (nSPS) is 21.7. The summed E-state index contributed by atoms with van der Waals surface area (Å²) in [5.41, 5.74) is 1.85. The third-order valence-electron chi connectivity index (χ3n) is 4.58. The molecule has 4 heteroatoms. The fourth-order valence-corrected chi connectivity index (χ4v) is 3.42. The molecule has 1 fully saturated rings. The summed E-state index contributed by atoms with van der Waals surface area (Å²) in [4.78, 5) is 14.9. The molecule has 1 saturated heterocycles. The number of aryl methyl sites for hydroxylation is 1. The van der Waals surface area contributed by atoms with E-state index in [2.05, 4.69) is 23.2 Å². The number of ether oxygens (including phenoxy) is 1. The van der Waals surface area contributed by atoms with Crippen molar-refractivity contribution in [3.63, 3.8) is 0 Å². The zero-order chi connectivity index (χ0) is 14.7. The average Bonchev–Trinajstić information content (AvgIpc) is 2.99. The molecule has 1 unspecified atom stereocenters. The molecule has 2 aliphatic heterocycles. The number of carbonyl (C=O) groups excluding carboxylic acids is 1. The van der Waals surface area contributed by atoms with Crippen molar-refractivity contribution in [3.8, 4) is 5.75 Å². The summed E-state index contributed by atoms with van der Waals surface area (Å²) in [6.07, 6.45) is 4.45. The highest BCUT2D eigenvalue weighted by molar-refractivity contribution is 5.97. The molecule has 0 radical (unpaired) electrons. The van der Waals surface area contributed by atoms with Gasteiger partial charge in [0.25, 0.3) is 5.91 Å². The predicted octanol–water partition coefficient (Wildman–Crippen LogP) is 2.23. The Morgan fingerprint density at radius 2 is 2.33 bits per heavy atom. The number of likely N-dealkylation sites (tertiary alicyclic amines) is 1. The van der Waals surface area contributed by atoms with Gasteiger partial charge in [-0.15, -0.1) is 0 Å². The van der Waals surface area contributed by atoms with Crippen LogP contribution in [0, 0.1) is 0 Å². The Hall–Kier alpha value is -1.55. The maximum absolute atomic E-state index is 12.5. The number of hydrogen-bond donors (Lipinski definition) is 1. The van der Waals surface area contributed by atoms with Gasteiger partial charge in [0.05, 0.1) is 12.2 Å². The van der Waals surface area contributed by atoms with Gasteiger partial charge >= 0.3 is 0 Å². The van der Waals surface area contributed by atoms with Crippen LogP contribution in [0.3, 0.4) is 0 Å². The molecule has 1 aromatic carbocycles. The fourth-order valence-electron chi connectivity index (χ4n) is 3.42. The summed E-state index contributed by atoms with van der Waals surface area (Å²) in [6.45, 7) is 5.84. The zero-order valence-electron chi connectivity index (χ0n) is 12.7. The third kappa shape index (κ3) is 3.05. The van der Waals surface area contributed by atoms with Crippen LogP contribution in [0.1, 0.15) is 42.1 Å². The SMILES string of the molecule is CCN1CCCC1CNC(=O)c1cccc2c1OCCC2. The van der Waals surface area contributed by atoms with Crippen LogP contribution < -0.4 is 10.1 Å². The van der Waals surface area contributed by atoms with Crippen LogP contribution in [0.15, 0.2) is 18.2 Å². The van der Waals surface area contributed by atoms with Crippen molar-refractivity contribution in [2.24, 2.45) is 0 Å². The van der Waals surface area contributed by atoms with E-state index in [1.54, 1.807) is 0 Å². The van der Waals surface area contributed by atoms with Crippen LogP contribution in [0.2, 0.25) is 0 Å². The molecule has 0 aromatic heterocycles. The number of rotatable bonds is 4. The number of carbonyl (C=O) groups is 1. The third-order valence-corrected chi connectivity index (χ3v) is 4.58. The Bertz CT molecular complexity index is 516. The largest absolute Gasteiger partial charge is 0.492 e. The summed E-state index contributed by atoms with van der Waals surface area (Å²) in [7, 11) is 0. The number of likely N-dealkylation sites (N-methyl/N-ethyl adjacent to an activating group) is 1. The highest BCUT2D eigenvalue weighted by Crippen LogP contribution is 2.28. The molecular weight excluding hydrogens is 264 g/mol. The summed E-state index contributed by atoms with van der Waals surface area (Å²) in [6, 6.07) is 6.36. The van der Waals surface area contributed by atoms with Crippen molar-refractivity contribution >= 4 is 5.91 Å². The first-order valence-corrected chi connectivity index (χ1v) is 8.06. The number of nitrogens with zero attached hydrogens (tertiary/aromatic N) is 1. The minimum Gasteiger partial charge on any atom is -0.492 e. The lowest BCUT2D eigenvalue weighted by atomic mass is 10.0. The minimum atomic E-state index is -0.00305. The van der Waals surface area contributed by atoms with E-state index >= 15 is 0 Å². The van der Waals surface area contributed by atoms with E-state index < -0.39 is 0 Å². The number of amides is 1. The first-order valence-electron chi connectivity index (χ1n) is 8.06. The van der Waals surface area contributed by atoms with Crippen LogP contribution in [0.25, 0.3) is 0 Å². The first-order chi connectivity index (χ1) is 10.3. The second-order valence-corrected chi connectivity index (χ2v) is 5.88. The molecule has 21 heavy (non-hydrogen) atoms. The Morgan fingerprint density at radius 1 is 1.43 bits per heavy atom. The van der Waals surface area contributed by atoms with E-state index in [0.29, 0.717) is 18.2 Å². The number of benzene rings is 1. The number of hydrogen-bond acceptors (Lipinski definition) is 3. The van der Waals surface area contributed by atoms with Crippen LogP contribution in [-0.4, -0.2) is 43.1 Å². The topological polar surface area (TPSA) is 41.6 Å². The fraction of sp³-hybridized carbons (Fsp3) is 0.588. The van der Waals surface area contributed by atoms with Gasteiger partial charge in [-0.05, 0) is 50.4 Å². The zero-order valence-corrected chi connectivity index (χ0v) is 12.7. The number of para-hydroxylation sites is 1. The Kier molecular flexibility index (Phi) is 4.44. The molecule has 1 aromatic rings. The lowest BCUT2D eigenvalue weighted by Gasteiger charge is -2.24. The van der Waals surface area contributed by atoms with Gasteiger partial charge in [-0.25, -0.2) is 0 Å². The van der Waals surface area contributed by atoms with E-state index in [9.17, 15) is 4.79 Å². The minimum absolute atomic E-state index is 0.00305. The Labute approximate surface area is 126 Å². The van der Waals surface area contributed by atoms with Gasteiger partial charge in [-0.1, -0.05) is 19.1 Å². The smallest absolute Gasteiger partial charge is 0.255 e. The van der Waals surface area contributed by atoms with Crippen LogP contribution in [0.5, 0.6) is 5.75 Å². The summed E-state index contributed by atoms with van der Waals surface area (Å²) in [5, 5.41) is 3.09. The second kappa shape index (κ2) is 6.48. The Balaban J connectivity index is 1.66. The van der Waals surface area contributed by atoms with Crippen LogP contribution in [-0.2, 0) is 6.42 Å². The standard InChI is InChI=1S/C17H24N2O2/c1-2-19-10-4-8-14(19)12-18-17(20)15-9-3-6-13-7-5-11-21-16(13)15/h3,6,9,14H,2,4-5,7-8,10-12H2,1H3,(H,18,20). The molecule has 2 aliphatic rings. The van der Waals surface area contributed by atoms with Gasteiger partial charge in [0, 0.05) is 12.6 Å². The van der Waals surface area contributed by atoms with Gasteiger partial charge in [0.2, 0.25) is 0 Å². The highest BCUT2D eigenvalue weighted by atomic mass is 16.5. The van der Waals surface area contributed by atoms with Gasteiger partial charge in [0.15, 0.2) is 0 Å². The van der Waals surface area contributed by atoms with Crippen LogP contribution >= 0.6 is 0 Å². The molecule has 1 atom stereocenters. The predicted molar refractivity (Wildman–Crippen MR) is 82.9 cm³/mol. The monoisotopic (exact) mass is 288 g/mol. The molecular formula is C17H24N2O2. The first kappa shape index (κ1) is 14.4. The van der Waals surface area contributed by atoms with E-state index in [-0.39, 0.29) is 5.91 Å². The number of nitrogens with one attached hydrogen (secondary N) is 1. The number of fused-ring (bicyclic) bond motifs is 1. The lowest BCUT2D eigenvalue weighted by molar-refractivity contribution is 0.0936. The van der Waals surface area contributed by atoms with E-state index in [0.717, 1.165) is 43.8 Å². The van der Waals surface area contributed by atoms with Crippen molar-refractivity contribution < 1.29 is 9.53 Å². The van der Waals surface area contributed by atoms with Gasteiger partial charge < -0.3 is 10.1 Å². The summed E-state index contributed by atoms with van der Waals surface area (Å²) < 4.78 is 5.72. The molecule has 0 spiro atoms. The van der Waals surface area contributed by atoms with Gasteiger partial charge in [-0.3, -0.25) is 9.69 Å². The van der Waals surface area contributed by atoms with Crippen LogP contribution in [0.4, 0.5) is 0 Å². The molecule has 0 saturated carbocycles. The van der Waals surface area contributed by atoms with Crippen molar-refractivity contribution in [1.82, 2.24) is 10.2 Å². The highest BCUT2D eigenvalue weighted by Gasteiger charge is 2.24. The van der Waals surface area contributed by atoms with E-state index in [4.69, 9.17) is 4.74 Å². The second-order valence-electron chi connectivity index (χ2n) is 5.88. The molecule has 3 rings (SSSR count). The molecule has 114 valence electrons.